The first-order valence-electron chi connectivity index (χ1n) is 6.44. The van der Waals surface area contributed by atoms with E-state index in [0.717, 1.165) is 32.4 Å². The molecule has 1 fully saturated rings. The van der Waals surface area contributed by atoms with Gasteiger partial charge in [0.25, 0.3) is 0 Å². The van der Waals surface area contributed by atoms with Gasteiger partial charge in [-0.2, -0.15) is 0 Å². The molecule has 2 aliphatic rings. The molecule has 1 unspecified atom stereocenters. The fraction of sp³-hybridized carbons (Fsp3) is 0.750. The number of nitrogens with zero attached hydrogens (tertiary/aromatic N) is 2. The van der Waals surface area contributed by atoms with Gasteiger partial charge in [0.15, 0.2) is 0 Å². The third-order valence-corrected chi connectivity index (χ3v) is 4.13. The van der Waals surface area contributed by atoms with Gasteiger partial charge in [-0.3, -0.25) is 0 Å². The van der Waals surface area contributed by atoms with Crippen LogP contribution in [0.4, 0.5) is 0 Å². The highest BCUT2D eigenvalue weighted by molar-refractivity contribution is 5.29. The molecular weight excluding hydrogens is 214 g/mol. The lowest BCUT2D eigenvalue weighted by Crippen LogP contribution is -2.59. The third-order valence-electron chi connectivity index (χ3n) is 4.13. The number of piperidine rings is 1. The number of hydrogen-bond acceptors (Lipinski definition) is 4. The van der Waals surface area contributed by atoms with Crippen molar-refractivity contribution in [2.75, 3.05) is 19.6 Å². The van der Waals surface area contributed by atoms with Crippen LogP contribution in [0, 0.1) is 0 Å². The highest BCUT2D eigenvalue weighted by Gasteiger charge is 2.42. The topological polar surface area (TPSA) is 67.9 Å². The SMILES string of the molecule is Cn1cnc2c1C1(CCNCC1)NC(CN)C2. The van der Waals surface area contributed by atoms with Crippen molar-refractivity contribution >= 4 is 0 Å². The molecule has 5 heteroatoms. The zero-order valence-corrected chi connectivity index (χ0v) is 10.4. The first-order valence-corrected chi connectivity index (χ1v) is 6.44. The molecule has 1 aromatic heterocycles. The minimum atomic E-state index is 0.0914. The summed E-state index contributed by atoms with van der Waals surface area (Å²) >= 11 is 0. The first kappa shape index (κ1) is 11.2. The number of rotatable bonds is 1. The maximum Gasteiger partial charge on any atom is 0.0949 e. The van der Waals surface area contributed by atoms with E-state index < -0.39 is 0 Å². The summed E-state index contributed by atoms with van der Waals surface area (Å²) in [4.78, 5) is 4.55. The summed E-state index contributed by atoms with van der Waals surface area (Å²) in [5.41, 5.74) is 8.55. The van der Waals surface area contributed by atoms with Crippen LogP contribution in [0.15, 0.2) is 6.33 Å². The summed E-state index contributed by atoms with van der Waals surface area (Å²) in [6.45, 7) is 2.81. The lowest BCUT2D eigenvalue weighted by molar-refractivity contribution is 0.192. The summed E-state index contributed by atoms with van der Waals surface area (Å²) in [5, 5.41) is 7.21. The van der Waals surface area contributed by atoms with Gasteiger partial charge in [-0.05, 0) is 25.9 Å². The number of fused-ring (bicyclic) bond motifs is 2. The molecule has 94 valence electrons. The van der Waals surface area contributed by atoms with E-state index in [0.29, 0.717) is 12.6 Å². The summed E-state index contributed by atoms with van der Waals surface area (Å²) < 4.78 is 2.18. The molecule has 3 rings (SSSR count). The minimum absolute atomic E-state index is 0.0914. The van der Waals surface area contributed by atoms with E-state index in [1.165, 1.54) is 11.4 Å². The molecule has 0 amide bonds. The predicted octanol–water partition coefficient (Wildman–Crippen LogP) is -0.528. The normalized spacial score (nSPS) is 27.1. The smallest absolute Gasteiger partial charge is 0.0949 e. The number of hydrogen-bond donors (Lipinski definition) is 3. The van der Waals surface area contributed by atoms with Gasteiger partial charge in [0.1, 0.15) is 0 Å². The highest BCUT2D eigenvalue weighted by atomic mass is 15.2. The van der Waals surface area contributed by atoms with Crippen LogP contribution in [0.2, 0.25) is 0 Å². The van der Waals surface area contributed by atoms with Crippen molar-refractivity contribution in [1.29, 1.82) is 0 Å². The van der Waals surface area contributed by atoms with Gasteiger partial charge in [0.05, 0.1) is 23.3 Å². The fourth-order valence-corrected chi connectivity index (χ4v) is 3.36. The Bertz CT molecular complexity index is 405. The van der Waals surface area contributed by atoms with E-state index in [1.807, 2.05) is 6.33 Å². The van der Waals surface area contributed by atoms with Crippen LogP contribution >= 0.6 is 0 Å². The maximum absolute atomic E-state index is 5.84. The Morgan fingerprint density at radius 1 is 1.53 bits per heavy atom. The molecule has 5 nitrogen and oxygen atoms in total. The van der Waals surface area contributed by atoms with Crippen LogP contribution in [-0.2, 0) is 19.0 Å². The monoisotopic (exact) mass is 235 g/mol. The van der Waals surface area contributed by atoms with Gasteiger partial charge < -0.3 is 20.9 Å². The quantitative estimate of drug-likeness (QED) is 0.612. The van der Waals surface area contributed by atoms with Crippen molar-refractivity contribution in [3.05, 3.63) is 17.7 Å². The Labute approximate surface area is 102 Å². The number of imidazole rings is 1. The summed E-state index contributed by atoms with van der Waals surface area (Å²) in [5.74, 6) is 0. The standard InChI is InChI=1S/C12H21N5/c1-17-8-15-10-6-9(7-13)16-12(11(10)17)2-4-14-5-3-12/h8-9,14,16H,2-7,13H2,1H3. The number of nitrogens with two attached hydrogens (primary N) is 1. The van der Waals surface area contributed by atoms with Gasteiger partial charge in [0.2, 0.25) is 0 Å². The van der Waals surface area contributed by atoms with Crippen molar-refractivity contribution in [3.8, 4) is 0 Å². The molecule has 0 radical (unpaired) electrons. The van der Waals surface area contributed by atoms with Gasteiger partial charge in [-0.15, -0.1) is 0 Å². The van der Waals surface area contributed by atoms with Crippen molar-refractivity contribution < 1.29 is 0 Å². The number of aromatic nitrogens is 2. The van der Waals surface area contributed by atoms with Gasteiger partial charge in [-0.1, -0.05) is 0 Å². The third kappa shape index (κ3) is 1.69. The van der Waals surface area contributed by atoms with Crippen molar-refractivity contribution in [1.82, 2.24) is 20.2 Å². The van der Waals surface area contributed by atoms with Crippen LogP contribution in [0.5, 0.6) is 0 Å². The zero-order chi connectivity index (χ0) is 11.9. The summed E-state index contributed by atoms with van der Waals surface area (Å²) in [6.07, 6.45) is 5.14. The Hall–Kier alpha value is -0.910. The van der Waals surface area contributed by atoms with E-state index in [1.54, 1.807) is 0 Å². The van der Waals surface area contributed by atoms with Crippen molar-refractivity contribution in [3.63, 3.8) is 0 Å². The molecule has 1 spiro atoms. The Morgan fingerprint density at radius 3 is 3.00 bits per heavy atom. The molecule has 1 atom stereocenters. The lowest BCUT2D eigenvalue weighted by atomic mass is 9.79. The van der Waals surface area contributed by atoms with E-state index in [9.17, 15) is 0 Å². The Kier molecular flexibility index (Phi) is 2.69. The Balaban J connectivity index is 2.04. The van der Waals surface area contributed by atoms with E-state index in [4.69, 9.17) is 5.73 Å². The molecule has 3 heterocycles. The molecule has 0 saturated carbocycles. The predicted molar refractivity (Wildman–Crippen MR) is 66.7 cm³/mol. The molecule has 1 aromatic rings. The number of aryl methyl sites for hydroxylation is 1. The van der Waals surface area contributed by atoms with Crippen LogP contribution in [0.1, 0.15) is 24.2 Å². The van der Waals surface area contributed by atoms with Crippen molar-refractivity contribution in [2.24, 2.45) is 12.8 Å². The van der Waals surface area contributed by atoms with E-state index in [2.05, 4.69) is 27.2 Å². The van der Waals surface area contributed by atoms with Gasteiger partial charge in [-0.25, -0.2) is 4.98 Å². The minimum Gasteiger partial charge on any atom is -0.336 e. The second kappa shape index (κ2) is 4.08. The largest absolute Gasteiger partial charge is 0.336 e. The molecular formula is C12H21N5. The van der Waals surface area contributed by atoms with Crippen LogP contribution < -0.4 is 16.4 Å². The first-order chi connectivity index (χ1) is 8.25. The summed E-state index contributed by atoms with van der Waals surface area (Å²) in [7, 11) is 2.10. The molecule has 4 N–H and O–H groups in total. The van der Waals surface area contributed by atoms with Crippen LogP contribution in [0.25, 0.3) is 0 Å². The second-order valence-corrected chi connectivity index (χ2v) is 5.26. The van der Waals surface area contributed by atoms with Gasteiger partial charge in [0, 0.05) is 26.1 Å². The Morgan fingerprint density at radius 2 is 2.29 bits per heavy atom. The van der Waals surface area contributed by atoms with Crippen molar-refractivity contribution in [2.45, 2.75) is 30.8 Å². The van der Waals surface area contributed by atoms with Crippen LogP contribution in [0.3, 0.4) is 0 Å². The maximum atomic E-state index is 5.84. The van der Waals surface area contributed by atoms with E-state index in [-0.39, 0.29) is 5.54 Å². The zero-order valence-electron chi connectivity index (χ0n) is 10.4. The van der Waals surface area contributed by atoms with E-state index >= 15 is 0 Å². The molecule has 2 aliphatic heterocycles. The van der Waals surface area contributed by atoms with Gasteiger partial charge >= 0.3 is 0 Å². The highest BCUT2D eigenvalue weighted by Crippen LogP contribution is 2.36. The average molecular weight is 235 g/mol. The molecule has 0 bridgehead atoms. The van der Waals surface area contributed by atoms with Crippen LogP contribution in [-0.4, -0.2) is 35.2 Å². The number of nitrogens with one attached hydrogen (secondary N) is 2. The second-order valence-electron chi connectivity index (χ2n) is 5.26. The molecule has 0 aromatic carbocycles. The lowest BCUT2D eigenvalue weighted by Gasteiger charge is -2.45. The summed E-state index contributed by atoms with van der Waals surface area (Å²) in [6, 6.07) is 0.371. The average Bonchev–Trinajstić information content (AvgIpc) is 2.73. The molecule has 17 heavy (non-hydrogen) atoms. The molecule has 0 aliphatic carbocycles. The fourth-order valence-electron chi connectivity index (χ4n) is 3.36. The molecule has 1 saturated heterocycles.